The maximum absolute atomic E-state index is 14.9. The van der Waals surface area contributed by atoms with Crippen molar-refractivity contribution in [2.24, 2.45) is 17.3 Å². The first-order valence-electron chi connectivity index (χ1n) is 21.0. The Morgan fingerprint density at radius 3 is 2.39 bits per heavy atom. The van der Waals surface area contributed by atoms with E-state index >= 15 is 0 Å². The molecule has 3 fully saturated rings. The summed E-state index contributed by atoms with van der Waals surface area (Å²) in [6, 6.07) is 19.0. The lowest BCUT2D eigenvalue weighted by atomic mass is 9.89. The number of allylic oxidation sites excluding steroid dienone is 2. The summed E-state index contributed by atoms with van der Waals surface area (Å²) in [7, 11) is -2.42. The van der Waals surface area contributed by atoms with Gasteiger partial charge in [-0.05, 0) is 87.6 Å². The molecule has 2 aliphatic carbocycles. The molecule has 61 heavy (non-hydrogen) atoms. The number of aromatic nitrogens is 1. The highest BCUT2D eigenvalue weighted by Gasteiger charge is 2.62. The topological polar surface area (TPSA) is 132 Å². The molecule has 1 aromatic heterocycles. The minimum absolute atomic E-state index is 0.0111. The largest absolute Gasteiger partial charge is 0.497 e. The molecule has 3 aliphatic rings. The lowest BCUT2D eigenvalue weighted by Gasteiger charge is -2.29. The van der Waals surface area contributed by atoms with E-state index in [-0.39, 0.29) is 38.1 Å². The fourth-order valence-electron chi connectivity index (χ4n) is 8.59. The average molecular weight is 854 g/mol. The lowest BCUT2D eigenvalue weighted by Crippen LogP contribution is -2.47. The minimum atomic E-state index is -3.99. The summed E-state index contributed by atoms with van der Waals surface area (Å²) in [5.41, 5.74) is 1.07. The van der Waals surface area contributed by atoms with Gasteiger partial charge >= 0.3 is 0 Å². The Kier molecular flexibility index (Phi) is 12.8. The molecule has 1 aliphatic heterocycles. The molecule has 2 saturated carbocycles. The summed E-state index contributed by atoms with van der Waals surface area (Å²) in [5, 5.41) is 0.687. The van der Waals surface area contributed by atoms with Gasteiger partial charge in [0.2, 0.25) is 21.8 Å². The molecule has 0 unspecified atom stereocenters. The molecule has 0 bridgehead atoms. The van der Waals surface area contributed by atoms with Gasteiger partial charge in [0.1, 0.15) is 29.2 Å². The number of nitrogens with zero attached hydrogens (tertiary/aromatic N) is 2. The number of carbonyl (C=O) groups is 3. The zero-order valence-corrected chi connectivity index (χ0v) is 35.5. The number of unbranched alkanes of at least 4 members (excludes halogenated alkanes) is 3. The zero-order valence-electron chi connectivity index (χ0n) is 34.7. The molecule has 10 nitrogen and oxygen atoms in total. The van der Waals surface area contributed by atoms with E-state index < -0.39 is 67.5 Å². The molecule has 2 heterocycles. The second-order valence-electron chi connectivity index (χ2n) is 17.1. The molecular weight excluding hydrogens is 801 g/mol. The number of ether oxygens (including phenoxy) is 2. The molecular formula is C48H53F2N3O7S. The van der Waals surface area contributed by atoms with Gasteiger partial charge in [0.25, 0.3) is 0 Å². The van der Waals surface area contributed by atoms with Crippen molar-refractivity contribution in [1.29, 1.82) is 0 Å². The van der Waals surface area contributed by atoms with Crippen LogP contribution in [0.15, 0.2) is 98.1 Å². The van der Waals surface area contributed by atoms with E-state index in [0.717, 1.165) is 30.9 Å². The van der Waals surface area contributed by atoms with Crippen molar-refractivity contribution in [3.05, 3.63) is 115 Å². The number of sulfonamides is 1. The molecule has 13 heteroatoms. The Balaban J connectivity index is 1.22. The number of likely N-dealkylation sites (tertiary alicyclic amines) is 1. The zero-order chi connectivity index (χ0) is 43.5. The van der Waals surface area contributed by atoms with Crippen molar-refractivity contribution in [2.75, 3.05) is 13.7 Å². The number of hydrogen-bond acceptors (Lipinski definition) is 8. The molecule has 4 aromatic rings. The minimum Gasteiger partial charge on any atom is -0.497 e. The number of benzene rings is 3. The first-order chi connectivity index (χ1) is 29.2. The van der Waals surface area contributed by atoms with Crippen LogP contribution in [0.2, 0.25) is 0 Å². The van der Waals surface area contributed by atoms with Gasteiger partial charge < -0.3 is 14.4 Å². The number of carbonyl (C=O) groups excluding carboxylic acids is 3. The van der Waals surface area contributed by atoms with Crippen LogP contribution in [-0.4, -0.2) is 66.4 Å². The second kappa shape index (κ2) is 17.9. The number of fused-ring (bicyclic) bond motifs is 1. The SMILES string of the molecule is C=CCCCCC[C@H](Cc1cc(F)cc(F)c1)C(=O)N1C[C@H](Oc2cc(-c3ccccc3)nc3cc(OC)ccc23)C[C@H]1C(=O)C[C@]1(C(=O)NS(=O)(=O)C2(C)CC2)C[C@H]1C=C. The Labute approximate surface area is 356 Å². The van der Waals surface area contributed by atoms with Crippen LogP contribution in [0.3, 0.4) is 0 Å². The van der Waals surface area contributed by atoms with Crippen molar-refractivity contribution in [3.8, 4) is 22.8 Å². The van der Waals surface area contributed by atoms with E-state index in [2.05, 4.69) is 17.9 Å². The summed E-state index contributed by atoms with van der Waals surface area (Å²) < 4.78 is 68.8. The van der Waals surface area contributed by atoms with Crippen LogP contribution in [0.1, 0.15) is 76.7 Å². The van der Waals surface area contributed by atoms with E-state index in [1.54, 1.807) is 32.2 Å². The van der Waals surface area contributed by atoms with Crippen LogP contribution >= 0.6 is 0 Å². The molecule has 0 spiro atoms. The summed E-state index contributed by atoms with van der Waals surface area (Å²) in [4.78, 5) is 49.9. The van der Waals surface area contributed by atoms with Crippen LogP contribution in [0, 0.1) is 28.9 Å². The molecule has 7 rings (SSSR count). The van der Waals surface area contributed by atoms with Gasteiger partial charge in [-0.25, -0.2) is 22.2 Å². The third kappa shape index (κ3) is 9.56. The van der Waals surface area contributed by atoms with Gasteiger partial charge in [-0.2, -0.15) is 0 Å². The van der Waals surface area contributed by atoms with Crippen LogP contribution in [0.4, 0.5) is 8.78 Å². The predicted molar refractivity (Wildman–Crippen MR) is 230 cm³/mol. The Hall–Kier alpha value is -5.43. The summed E-state index contributed by atoms with van der Waals surface area (Å²) in [6.45, 7) is 9.24. The number of hydrogen-bond donors (Lipinski definition) is 1. The normalized spacial score (nSPS) is 22.0. The number of nitrogens with one attached hydrogen (secondary N) is 1. The number of ketones is 1. The van der Waals surface area contributed by atoms with Crippen LogP contribution in [-0.2, 0) is 30.8 Å². The van der Waals surface area contributed by atoms with E-state index in [4.69, 9.17) is 14.5 Å². The fraction of sp³-hybridized carbons (Fsp3) is 0.417. The highest BCUT2D eigenvalue weighted by Crippen LogP contribution is 2.57. The monoisotopic (exact) mass is 853 g/mol. The van der Waals surface area contributed by atoms with Gasteiger partial charge in [0.15, 0.2) is 5.78 Å². The molecule has 2 amide bonds. The fourth-order valence-corrected chi connectivity index (χ4v) is 9.93. The van der Waals surface area contributed by atoms with Gasteiger partial charge in [-0.3, -0.25) is 19.1 Å². The molecule has 322 valence electrons. The summed E-state index contributed by atoms with van der Waals surface area (Å²) in [6.07, 6.45) is 7.11. The summed E-state index contributed by atoms with van der Waals surface area (Å²) in [5.74, 6) is -3.14. The van der Waals surface area contributed by atoms with E-state index in [1.807, 2.05) is 48.5 Å². The molecule has 1 N–H and O–H groups in total. The number of methoxy groups -OCH3 is 1. The number of Topliss-reactive ketones (excluding diaryl/α,β-unsaturated/α-hetero) is 1. The van der Waals surface area contributed by atoms with E-state index in [9.17, 15) is 31.6 Å². The number of halogens is 2. The van der Waals surface area contributed by atoms with Gasteiger partial charge in [-0.1, -0.05) is 55.3 Å². The second-order valence-corrected chi connectivity index (χ2v) is 19.3. The molecule has 5 atom stereocenters. The highest BCUT2D eigenvalue weighted by atomic mass is 32.2. The third-order valence-corrected chi connectivity index (χ3v) is 14.8. The smallest absolute Gasteiger partial charge is 0.240 e. The van der Waals surface area contributed by atoms with Gasteiger partial charge in [0, 0.05) is 47.9 Å². The Morgan fingerprint density at radius 2 is 1.74 bits per heavy atom. The number of amides is 2. The first kappa shape index (κ1) is 43.7. The third-order valence-electron chi connectivity index (χ3n) is 12.7. The van der Waals surface area contributed by atoms with Crippen LogP contribution in [0.25, 0.3) is 22.2 Å². The maximum Gasteiger partial charge on any atom is 0.240 e. The summed E-state index contributed by atoms with van der Waals surface area (Å²) >= 11 is 0. The van der Waals surface area contributed by atoms with Crippen molar-refractivity contribution in [2.45, 2.75) is 94.4 Å². The van der Waals surface area contributed by atoms with Gasteiger partial charge in [0.05, 0.1) is 41.1 Å². The molecule has 1 saturated heterocycles. The first-order valence-corrected chi connectivity index (χ1v) is 22.5. The predicted octanol–water partition coefficient (Wildman–Crippen LogP) is 8.68. The average Bonchev–Trinajstić information content (AvgIpc) is 4.13. The van der Waals surface area contributed by atoms with Crippen LogP contribution in [0.5, 0.6) is 11.5 Å². The van der Waals surface area contributed by atoms with E-state index in [0.29, 0.717) is 59.3 Å². The van der Waals surface area contributed by atoms with E-state index in [1.165, 1.54) is 17.0 Å². The molecule has 0 radical (unpaired) electrons. The molecule has 3 aromatic carbocycles. The van der Waals surface area contributed by atoms with Crippen molar-refractivity contribution in [1.82, 2.24) is 14.6 Å². The maximum atomic E-state index is 14.9. The number of pyridine rings is 1. The highest BCUT2D eigenvalue weighted by molar-refractivity contribution is 7.91. The number of rotatable bonds is 20. The Bertz CT molecular complexity index is 2420. The van der Waals surface area contributed by atoms with Crippen molar-refractivity contribution in [3.63, 3.8) is 0 Å². The Morgan fingerprint density at radius 1 is 1.00 bits per heavy atom. The van der Waals surface area contributed by atoms with Crippen LogP contribution < -0.4 is 14.2 Å². The lowest BCUT2D eigenvalue weighted by molar-refractivity contribution is -0.142. The van der Waals surface area contributed by atoms with Crippen molar-refractivity contribution >= 4 is 38.5 Å². The van der Waals surface area contributed by atoms with Crippen molar-refractivity contribution < 1.29 is 41.1 Å². The quantitative estimate of drug-likeness (QED) is 0.0691. The standard InChI is InChI=1S/C48H53F2N3O7S/c1-5-7-8-9-11-16-33(21-31-22-35(49)24-36(50)23-31)45(55)53-30-38(60-44-27-40(32-14-12-10-13-15-32)51-41-25-37(59-4)17-18-39(41)44)26-42(53)43(54)29-48(28-34(48)6-2)46(56)52-61(57,58)47(3)19-20-47/h5-6,10,12-15,17-18,22-25,27,33-34,38,42H,1-2,7-9,11,16,19-21,26,28-30H2,3-4H3,(H,52,56)/t33-,34-,38-,42+,48-/m1/s1. The van der Waals surface area contributed by atoms with Gasteiger partial charge in [-0.15, -0.1) is 13.2 Å².